The highest BCUT2D eigenvalue weighted by Crippen LogP contribution is 2.22. The van der Waals surface area contributed by atoms with E-state index in [-0.39, 0.29) is 5.56 Å². The van der Waals surface area contributed by atoms with Gasteiger partial charge in [0.05, 0.1) is 17.4 Å². The SMILES string of the molecule is CN(C)c1ccc(Nc2ncc(N)cc2C(N)=O)cc1. The van der Waals surface area contributed by atoms with Crippen LogP contribution in [0.3, 0.4) is 0 Å². The number of pyridine rings is 1. The van der Waals surface area contributed by atoms with Crippen LogP contribution in [0.15, 0.2) is 36.5 Å². The summed E-state index contributed by atoms with van der Waals surface area (Å²) in [6.07, 6.45) is 1.48. The Morgan fingerprint density at radius 2 is 1.90 bits per heavy atom. The number of carbonyl (C=O) groups is 1. The number of primary amides is 1. The number of nitrogens with zero attached hydrogens (tertiary/aromatic N) is 2. The van der Waals surface area contributed by atoms with Gasteiger partial charge in [0, 0.05) is 25.5 Å². The molecule has 0 bridgehead atoms. The number of rotatable bonds is 4. The first-order chi connectivity index (χ1) is 9.47. The number of nitrogens with one attached hydrogen (secondary N) is 1. The second-order valence-corrected chi connectivity index (χ2v) is 4.60. The second-order valence-electron chi connectivity index (χ2n) is 4.60. The summed E-state index contributed by atoms with van der Waals surface area (Å²) in [5.74, 6) is -0.179. The van der Waals surface area contributed by atoms with Gasteiger partial charge in [-0.2, -0.15) is 0 Å². The van der Waals surface area contributed by atoms with Gasteiger partial charge in [0.1, 0.15) is 5.82 Å². The Hall–Kier alpha value is -2.76. The van der Waals surface area contributed by atoms with Gasteiger partial charge in [-0.3, -0.25) is 4.79 Å². The molecular formula is C14H17N5O. The van der Waals surface area contributed by atoms with E-state index in [1.807, 2.05) is 43.3 Å². The second kappa shape index (κ2) is 5.48. The van der Waals surface area contributed by atoms with Crippen LogP contribution in [0.5, 0.6) is 0 Å². The van der Waals surface area contributed by atoms with Crippen molar-refractivity contribution in [1.29, 1.82) is 0 Å². The van der Waals surface area contributed by atoms with E-state index in [0.717, 1.165) is 11.4 Å². The van der Waals surface area contributed by atoms with Crippen LogP contribution in [0, 0.1) is 0 Å². The fourth-order valence-electron chi connectivity index (χ4n) is 1.75. The molecular weight excluding hydrogens is 254 g/mol. The minimum absolute atomic E-state index is 0.265. The molecule has 0 atom stereocenters. The van der Waals surface area contributed by atoms with Crippen LogP contribution in [0.25, 0.3) is 0 Å². The van der Waals surface area contributed by atoms with Crippen molar-refractivity contribution < 1.29 is 4.79 Å². The number of aromatic nitrogens is 1. The van der Waals surface area contributed by atoms with Crippen LogP contribution in [-0.4, -0.2) is 25.0 Å². The number of nitrogens with two attached hydrogens (primary N) is 2. The zero-order valence-corrected chi connectivity index (χ0v) is 11.4. The van der Waals surface area contributed by atoms with E-state index in [1.54, 1.807) is 0 Å². The summed E-state index contributed by atoms with van der Waals surface area (Å²) in [6.45, 7) is 0. The number of hydrogen-bond donors (Lipinski definition) is 3. The van der Waals surface area contributed by atoms with Crippen LogP contribution >= 0.6 is 0 Å². The lowest BCUT2D eigenvalue weighted by Gasteiger charge is -2.14. The summed E-state index contributed by atoms with van der Waals surface area (Å²) >= 11 is 0. The molecule has 0 aliphatic carbocycles. The first-order valence-corrected chi connectivity index (χ1v) is 6.07. The Kier molecular flexibility index (Phi) is 3.74. The summed E-state index contributed by atoms with van der Waals surface area (Å²) in [4.78, 5) is 17.5. The van der Waals surface area contributed by atoms with Crippen molar-refractivity contribution in [3.05, 3.63) is 42.1 Å². The molecule has 1 aromatic carbocycles. The maximum absolute atomic E-state index is 11.4. The fourth-order valence-corrected chi connectivity index (χ4v) is 1.75. The predicted molar refractivity (Wildman–Crippen MR) is 81.2 cm³/mol. The van der Waals surface area contributed by atoms with E-state index in [0.29, 0.717) is 11.5 Å². The van der Waals surface area contributed by atoms with Crippen molar-refractivity contribution in [1.82, 2.24) is 4.98 Å². The monoisotopic (exact) mass is 271 g/mol. The molecule has 0 unspecified atom stereocenters. The number of nitrogen functional groups attached to an aromatic ring is 1. The molecule has 0 aliphatic heterocycles. The topological polar surface area (TPSA) is 97.3 Å². The zero-order valence-electron chi connectivity index (χ0n) is 11.4. The summed E-state index contributed by atoms with van der Waals surface area (Å²) in [7, 11) is 3.93. The van der Waals surface area contributed by atoms with Gasteiger partial charge in [-0.15, -0.1) is 0 Å². The maximum atomic E-state index is 11.4. The third-order valence-electron chi connectivity index (χ3n) is 2.82. The molecule has 6 nitrogen and oxygen atoms in total. The molecule has 104 valence electrons. The Morgan fingerprint density at radius 3 is 2.45 bits per heavy atom. The van der Waals surface area contributed by atoms with E-state index in [1.165, 1.54) is 12.3 Å². The van der Waals surface area contributed by atoms with Crippen molar-refractivity contribution >= 4 is 28.8 Å². The average Bonchev–Trinajstić information content (AvgIpc) is 2.41. The molecule has 6 heteroatoms. The summed E-state index contributed by atoms with van der Waals surface area (Å²) in [5, 5.41) is 3.06. The standard InChI is InChI=1S/C14H17N5O/c1-19(2)11-5-3-10(4-6-11)18-14-12(13(16)20)7-9(15)8-17-14/h3-8H,15H2,1-2H3,(H2,16,20)(H,17,18). The van der Waals surface area contributed by atoms with Crippen LogP contribution in [0.4, 0.5) is 22.9 Å². The lowest BCUT2D eigenvalue weighted by molar-refractivity contribution is 0.100. The number of amides is 1. The van der Waals surface area contributed by atoms with E-state index >= 15 is 0 Å². The molecule has 1 amide bonds. The molecule has 2 aromatic rings. The molecule has 0 fully saturated rings. The van der Waals surface area contributed by atoms with Crippen LogP contribution in [0.2, 0.25) is 0 Å². The number of benzene rings is 1. The molecule has 0 aliphatic rings. The van der Waals surface area contributed by atoms with Crippen molar-refractivity contribution in [2.75, 3.05) is 30.0 Å². The Morgan fingerprint density at radius 1 is 1.25 bits per heavy atom. The molecule has 2 rings (SSSR count). The molecule has 0 saturated heterocycles. The minimum Gasteiger partial charge on any atom is -0.397 e. The van der Waals surface area contributed by atoms with Gasteiger partial charge in [0.15, 0.2) is 0 Å². The fraction of sp³-hybridized carbons (Fsp3) is 0.143. The number of anilines is 4. The third kappa shape index (κ3) is 2.97. The lowest BCUT2D eigenvalue weighted by atomic mass is 10.2. The van der Waals surface area contributed by atoms with E-state index in [9.17, 15) is 4.79 Å². The van der Waals surface area contributed by atoms with Gasteiger partial charge < -0.3 is 21.7 Å². The zero-order chi connectivity index (χ0) is 14.7. The average molecular weight is 271 g/mol. The first kappa shape index (κ1) is 13.7. The molecule has 1 heterocycles. The molecule has 5 N–H and O–H groups in total. The summed E-state index contributed by atoms with van der Waals surface area (Å²) < 4.78 is 0. The van der Waals surface area contributed by atoms with Crippen molar-refractivity contribution in [2.45, 2.75) is 0 Å². The van der Waals surface area contributed by atoms with Crippen molar-refractivity contribution in [3.63, 3.8) is 0 Å². The molecule has 20 heavy (non-hydrogen) atoms. The molecule has 0 saturated carbocycles. The van der Waals surface area contributed by atoms with E-state index in [4.69, 9.17) is 11.5 Å². The van der Waals surface area contributed by atoms with E-state index < -0.39 is 5.91 Å². The third-order valence-corrected chi connectivity index (χ3v) is 2.82. The Bertz CT molecular complexity index is 622. The van der Waals surface area contributed by atoms with Crippen LogP contribution in [-0.2, 0) is 0 Å². The Labute approximate surface area is 117 Å². The van der Waals surface area contributed by atoms with Crippen molar-refractivity contribution in [3.8, 4) is 0 Å². The summed E-state index contributed by atoms with van der Waals surface area (Å²) in [6, 6.07) is 9.23. The number of carbonyl (C=O) groups excluding carboxylic acids is 1. The van der Waals surface area contributed by atoms with E-state index in [2.05, 4.69) is 10.3 Å². The van der Waals surface area contributed by atoms with Gasteiger partial charge >= 0.3 is 0 Å². The van der Waals surface area contributed by atoms with Crippen molar-refractivity contribution in [2.24, 2.45) is 5.73 Å². The maximum Gasteiger partial charge on any atom is 0.252 e. The predicted octanol–water partition coefficient (Wildman–Crippen LogP) is 1.57. The highest BCUT2D eigenvalue weighted by Gasteiger charge is 2.10. The summed E-state index contributed by atoms with van der Waals surface area (Å²) in [5.41, 5.74) is 13.5. The van der Waals surface area contributed by atoms with Gasteiger partial charge in [-0.25, -0.2) is 4.98 Å². The molecule has 1 aromatic heterocycles. The normalized spacial score (nSPS) is 10.1. The van der Waals surface area contributed by atoms with Gasteiger partial charge in [0.25, 0.3) is 5.91 Å². The Balaban J connectivity index is 2.28. The molecule has 0 spiro atoms. The van der Waals surface area contributed by atoms with Gasteiger partial charge in [-0.05, 0) is 30.3 Å². The first-order valence-electron chi connectivity index (χ1n) is 6.07. The highest BCUT2D eigenvalue weighted by molar-refractivity contribution is 5.99. The highest BCUT2D eigenvalue weighted by atomic mass is 16.1. The lowest BCUT2D eigenvalue weighted by Crippen LogP contribution is -2.15. The van der Waals surface area contributed by atoms with Crippen LogP contribution < -0.4 is 21.7 Å². The number of hydrogen-bond acceptors (Lipinski definition) is 5. The van der Waals surface area contributed by atoms with Gasteiger partial charge in [-0.1, -0.05) is 0 Å². The van der Waals surface area contributed by atoms with Gasteiger partial charge in [0.2, 0.25) is 0 Å². The minimum atomic E-state index is -0.572. The molecule has 0 radical (unpaired) electrons. The smallest absolute Gasteiger partial charge is 0.252 e. The largest absolute Gasteiger partial charge is 0.397 e. The van der Waals surface area contributed by atoms with Crippen LogP contribution in [0.1, 0.15) is 10.4 Å². The quantitative estimate of drug-likeness (QED) is 0.784.